The summed E-state index contributed by atoms with van der Waals surface area (Å²) >= 11 is 39.1. The number of thioether (sulfide) groups is 1. The Balaban J connectivity index is 0.000000148. The maximum Gasteiger partial charge on any atom is 0.195 e. The van der Waals surface area contributed by atoms with E-state index in [2.05, 4.69) is 12.6 Å². The molecule has 0 aliphatic heterocycles. The van der Waals surface area contributed by atoms with Gasteiger partial charge in [0.1, 0.15) is 0 Å². The molecule has 256 valence electrons. The van der Waals surface area contributed by atoms with Crippen LogP contribution in [0.1, 0.15) is 11.1 Å². The summed E-state index contributed by atoms with van der Waals surface area (Å²) in [6, 6.07) is 37.9. The van der Waals surface area contributed by atoms with E-state index >= 15 is 0 Å². The Bertz CT molecular complexity index is 2620. The molecule has 0 saturated heterocycles. The third kappa shape index (κ3) is 8.90. The normalized spacial score (nSPS) is 10.9. The molecular weight excluding hydrogens is 818 g/mol. The van der Waals surface area contributed by atoms with Crippen LogP contribution in [0, 0.1) is 0 Å². The highest BCUT2D eigenvalue weighted by atomic mass is 35.5. The van der Waals surface area contributed by atoms with Crippen molar-refractivity contribution in [2.45, 2.75) is 16.4 Å². The van der Waals surface area contributed by atoms with Crippen molar-refractivity contribution in [1.29, 1.82) is 0 Å². The fourth-order valence-corrected chi connectivity index (χ4v) is 9.65. The van der Waals surface area contributed by atoms with E-state index in [0.717, 1.165) is 56.0 Å². The van der Waals surface area contributed by atoms with Gasteiger partial charge in [-0.3, -0.25) is 9.59 Å². The number of rotatable bonds is 4. The molecule has 51 heavy (non-hydrogen) atoms. The molecule has 0 N–H and O–H groups in total. The zero-order valence-electron chi connectivity index (χ0n) is 26.3. The van der Waals surface area contributed by atoms with Crippen LogP contribution in [-0.2, 0) is 11.5 Å². The Hall–Kier alpha value is -2.75. The van der Waals surface area contributed by atoms with Crippen LogP contribution < -0.4 is 10.9 Å². The summed E-state index contributed by atoms with van der Waals surface area (Å²) in [6.07, 6.45) is 0. The summed E-state index contributed by atoms with van der Waals surface area (Å²) in [5.41, 5.74) is 2.42. The quantitative estimate of drug-likeness (QED) is 0.109. The van der Waals surface area contributed by atoms with Crippen LogP contribution in [0.15, 0.2) is 136 Å². The molecule has 2 nitrogen and oxygen atoms in total. The Morgan fingerprint density at radius 2 is 0.980 bits per heavy atom. The highest BCUT2D eigenvalue weighted by Gasteiger charge is 2.13. The van der Waals surface area contributed by atoms with Crippen LogP contribution in [0.2, 0.25) is 25.1 Å². The van der Waals surface area contributed by atoms with Crippen LogP contribution in [0.5, 0.6) is 0 Å². The standard InChI is InChI=1S/C20H12Cl2OS2.C13H6Cl2OS.C7H7ClS/c21-13-7-5-12(6-8-13)11-24-17-10-9-15-19(23)14-3-1-2-4-16(14)25-20(15)18(17)22;14-9-6-5-8-12(16)7-3-1-2-4-10(7)17-13(8)11(9)15;8-7-3-1-6(5-9)2-4-7/h1-10H,11H2;1-6H;1-4,9H,5H2. The molecule has 0 aliphatic rings. The predicted molar refractivity (Wildman–Crippen MR) is 231 cm³/mol. The molecule has 0 spiro atoms. The van der Waals surface area contributed by atoms with Crippen molar-refractivity contribution in [2.75, 3.05) is 0 Å². The first-order valence-electron chi connectivity index (χ1n) is 15.3. The molecule has 8 aromatic rings. The second-order valence-electron chi connectivity index (χ2n) is 11.0. The van der Waals surface area contributed by atoms with E-state index in [1.165, 1.54) is 22.5 Å². The van der Waals surface area contributed by atoms with Gasteiger partial charge in [-0.2, -0.15) is 12.6 Å². The van der Waals surface area contributed by atoms with E-state index in [9.17, 15) is 9.59 Å². The van der Waals surface area contributed by atoms with Gasteiger partial charge in [0, 0.05) is 57.4 Å². The van der Waals surface area contributed by atoms with Gasteiger partial charge in [0.05, 0.1) is 24.5 Å². The third-order valence-corrected chi connectivity index (χ3v) is 13.6. The van der Waals surface area contributed by atoms with Gasteiger partial charge in [-0.25, -0.2) is 0 Å². The summed E-state index contributed by atoms with van der Waals surface area (Å²) in [5, 5.41) is 5.88. The largest absolute Gasteiger partial charge is 0.289 e. The zero-order chi connectivity index (χ0) is 36.1. The van der Waals surface area contributed by atoms with Gasteiger partial charge in [-0.1, -0.05) is 107 Å². The molecule has 0 unspecified atom stereocenters. The molecule has 2 aromatic heterocycles. The minimum absolute atomic E-state index is 0.00733. The molecule has 2 heterocycles. The fourth-order valence-electron chi connectivity index (χ4n) is 5.07. The molecule has 11 heteroatoms. The lowest BCUT2D eigenvalue weighted by atomic mass is 10.2. The maximum atomic E-state index is 12.7. The predicted octanol–water partition coefficient (Wildman–Crippen LogP) is 14.5. The smallest absolute Gasteiger partial charge is 0.195 e. The molecule has 0 aliphatic carbocycles. The van der Waals surface area contributed by atoms with Crippen LogP contribution in [0.25, 0.3) is 40.3 Å². The van der Waals surface area contributed by atoms with Gasteiger partial charge in [-0.15, -0.1) is 34.4 Å². The second kappa shape index (κ2) is 17.4. The summed E-state index contributed by atoms with van der Waals surface area (Å²) < 4.78 is 3.49. The molecular formula is C40H25Cl5O2S4. The van der Waals surface area contributed by atoms with Gasteiger partial charge in [-0.05, 0) is 83.9 Å². The lowest BCUT2D eigenvalue weighted by molar-refractivity contribution is 1.39. The van der Waals surface area contributed by atoms with Crippen LogP contribution in [-0.4, -0.2) is 0 Å². The highest BCUT2D eigenvalue weighted by Crippen LogP contribution is 2.38. The highest BCUT2D eigenvalue weighted by molar-refractivity contribution is 7.98. The molecule has 0 atom stereocenters. The van der Waals surface area contributed by atoms with Crippen molar-refractivity contribution < 1.29 is 0 Å². The van der Waals surface area contributed by atoms with Crippen LogP contribution in [0.4, 0.5) is 0 Å². The zero-order valence-corrected chi connectivity index (χ0v) is 33.5. The second-order valence-corrected chi connectivity index (χ2v) is 16.5. The number of halogens is 5. The van der Waals surface area contributed by atoms with Gasteiger partial charge in [0.2, 0.25) is 0 Å². The number of thiol groups is 1. The first-order chi connectivity index (χ1) is 24.6. The fraction of sp³-hybridized carbons (Fsp3) is 0.0500. The molecule has 0 radical (unpaired) electrons. The van der Waals surface area contributed by atoms with Crippen molar-refractivity contribution in [2.24, 2.45) is 0 Å². The van der Waals surface area contributed by atoms with Gasteiger partial charge >= 0.3 is 0 Å². The average Bonchev–Trinajstić information content (AvgIpc) is 3.15. The summed E-state index contributed by atoms with van der Waals surface area (Å²) in [6.45, 7) is 0. The van der Waals surface area contributed by atoms with Crippen molar-refractivity contribution in [1.82, 2.24) is 0 Å². The summed E-state index contributed by atoms with van der Waals surface area (Å²) in [5.74, 6) is 1.57. The van der Waals surface area contributed by atoms with Crippen molar-refractivity contribution in [3.8, 4) is 0 Å². The maximum absolute atomic E-state index is 12.7. The summed E-state index contributed by atoms with van der Waals surface area (Å²) in [4.78, 5) is 25.9. The van der Waals surface area contributed by atoms with E-state index in [4.69, 9.17) is 58.0 Å². The molecule has 0 saturated carbocycles. The third-order valence-electron chi connectivity index (χ3n) is 7.69. The Morgan fingerprint density at radius 3 is 1.51 bits per heavy atom. The lowest BCUT2D eigenvalue weighted by Crippen LogP contribution is -2.01. The van der Waals surface area contributed by atoms with E-state index in [-0.39, 0.29) is 10.9 Å². The van der Waals surface area contributed by atoms with Gasteiger partial charge in [0.15, 0.2) is 10.9 Å². The minimum atomic E-state index is 0.00733. The lowest BCUT2D eigenvalue weighted by Gasteiger charge is -2.08. The Morgan fingerprint density at radius 1 is 0.510 bits per heavy atom. The van der Waals surface area contributed by atoms with Crippen LogP contribution >= 0.6 is 105 Å². The number of hydrogen-bond donors (Lipinski definition) is 1. The average molecular weight is 843 g/mol. The monoisotopic (exact) mass is 840 g/mol. The van der Waals surface area contributed by atoms with Crippen molar-refractivity contribution >= 4 is 145 Å². The first-order valence-corrected chi connectivity index (χ1v) is 20.4. The SMILES string of the molecule is O=c1c2ccccc2sc2c(Cl)c(Cl)ccc12.O=c1c2ccccc2sc2c(Cl)c(SCc3ccc(Cl)cc3)ccc12.SCc1ccc(Cl)cc1. The van der Waals surface area contributed by atoms with E-state index in [1.807, 2.05) is 109 Å². The van der Waals surface area contributed by atoms with Gasteiger partial charge in [0.25, 0.3) is 0 Å². The number of hydrogen-bond acceptors (Lipinski definition) is 6. The Kier molecular flexibility index (Phi) is 12.9. The van der Waals surface area contributed by atoms with Crippen LogP contribution in [0.3, 0.4) is 0 Å². The number of benzene rings is 6. The molecule has 8 rings (SSSR count). The number of fused-ring (bicyclic) bond motifs is 4. The van der Waals surface area contributed by atoms with E-state index in [1.54, 1.807) is 35.2 Å². The van der Waals surface area contributed by atoms with E-state index in [0.29, 0.717) is 25.8 Å². The minimum Gasteiger partial charge on any atom is -0.289 e. The summed E-state index contributed by atoms with van der Waals surface area (Å²) in [7, 11) is 0. The van der Waals surface area contributed by atoms with Gasteiger partial charge < -0.3 is 0 Å². The van der Waals surface area contributed by atoms with E-state index < -0.39 is 0 Å². The molecule has 0 bridgehead atoms. The van der Waals surface area contributed by atoms with Crippen molar-refractivity contribution in [3.05, 3.63) is 178 Å². The topological polar surface area (TPSA) is 34.1 Å². The Labute approximate surface area is 336 Å². The molecule has 0 amide bonds. The molecule has 6 aromatic carbocycles. The molecule has 0 fully saturated rings. The first kappa shape index (κ1) is 38.0. The van der Waals surface area contributed by atoms with Crippen molar-refractivity contribution in [3.63, 3.8) is 0 Å².